The van der Waals surface area contributed by atoms with Gasteiger partial charge in [0.05, 0.1) is 4.90 Å². The van der Waals surface area contributed by atoms with Gasteiger partial charge in [-0.1, -0.05) is 20.3 Å². The first-order valence-electron chi connectivity index (χ1n) is 9.19. The molecular weight excluding hydrogens is 354 g/mol. The van der Waals surface area contributed by atoms with Crippen molar-refractivity contribution in [2.75, 3.05) is 45.9 Å². The fourth-order valence-electron chi connectivity index (χ4n) is 2.73. The standard InChI is InChI=1S/C18H29N3O4S/c1-3-5-10-19-26(23,24)17-8-6-16(7-9-17)25-15-18(22)21-13-11-20(4-2)12-14-21/h6-9,19H,3-5,10-15H2,1-2H3. The molecule has 26 heavy (non-hydrogen) atoms. The molecular formula is C18H29N3O4S. The third-order valence-electron chi connectivity index (χ3n) is 4.49. The van der Waals surface area contributed by atoms with E-state index in [1.165, 1.54) is 12.1 Å². The molecule has 0 bridgehead atoms. The number of benzene rings is 1. The van der Waals surface area contributed by atoms with E-state index < -0.39 is 10.0 Å². The van der Waals surface area contributed by atoms with Crippen LogP contribution in [0.1, 0.15) is 26.7 Å². The SMILES string of the molecule is CCCCNS(=O)(=O)c1ccc(OCC(=O)N2CCN(CC)CC2)cc1. The van der Waals surface area contributed by atoms with Gasteiger partial charge in [0.1, 0.15) is 5.75 Å². The number of nitrogens with one attached hydrogen (secondary N) is 1. The molecule has 1 aromatic carbocycles. The third-order valence-corrected chi connectivity index (χ3v) is 5.97. The Morgan fingerprint density at radius 3 is 2.35 bits per heavy atom. The Bertz CT molecular complexity index is 668. The Morgan fingerprint density at radius 2 is 1.77 bits per heavy atom. The molecule has 1 saturated heterocycles. The summed E-state index contributed by atoms with van der Waals surface area (Å²) in [6.45, 7) is 8.73. The van der Waals surface area contributed by atoms with E-state index in [0.717, 1.165) is 45.6 Å². The predicted octanol–water partition coefficient (Wildman–Crippen LogP) is 1.31. The second-order valence-electron chi connectivity index (χ2n) is 6.33. The molecule has 0 saturated carbocycles. The molecule has 8 heteroatoms. The fraction of sp³-hybridized carbons (Fsp3) is 0.611. The Labute approximate surface area is 156 Å². The molecule has 0 aliphatic carbocycles. The second-order valence-corrected chi connectivity index (χ2v) is 8.09. The Kier molecular flexibility index (Phi) is 7.86. The van der Waals surface area contributed by atoms with Crippen molar-refractivity contribution < 1.29 is 17.9 Å². The van der Waals surface area contributed by atoms with Gasteiger partial charge in [-0.15, -0.1) is 0 Å². The second kappa shape index (κ2) is 9.89. The first kappa shape index (κ1) is 20.7. The van der Waals surface area contributed by atoms with Crippen LogP contribution in [0.3, 0.4) is 0 Å². The summed E-state index contributed by atoms with van der Waals surface area (Å²) in [6, 6.07) is 6.15. The lowest BCUT2D eigenvalue weighted by molar-refractivity contribution is -0.135. The summed E-state index contributed by atoms with van der Waals surface area (Å²) in [5, 5.41) is 0. The maximum Gasteiger partial charge on any atom is 0.260 e. The molecule has 7 nitrogen and oxygen atoms in total. The molecule has 0 radical (unpaired) electrons. The van der Waals surface area contributed by atoms with Crippen LogP contribution >= 0.6 is 0 Å². The number of piperazine rings is 1. The van der Waals surface area contributed by atoms with Gasteiger partial charge in [-0.2, -0.15) is 0 Å². The van der Waals surface area contributed by atoms with Crippen LogP contribution in [0.5, 0.6) is 5.75 Å². The maximum atomic E-state index is 12.2. The number of sulfonamides is 1. The molecule has 0 spiro atoms. The highest BCUT2D eigenvalue weighted by molar-refractivity contribution is 7.89. The minimum Gasteiger partial charge on any atom is -0.484 e. The van der Waals surface area contributed by atoms with E-state index in [0.29, 0.717) is 12.3 Å². The molecule has 1 fully saturated rings. The zero-order valence-corrected chi connectivity index (χ0v) is 16.4. The number of carbonyl (C=O) groups is 1. The average Bonchev–Trinajstić information content (AvgIpc) is 2.66. The van der Waals surface area contributed by atoms with Gasteiger partial charge in [-0.25, -0.2) is 13.1 Å². The molecule has 1 aromatic rings. The quantitative estimate of drug-likeness (QED) is 0.651. The summed E-state index contributed by atoms with van der Waals surface area (Å²) in [6.07, 6.45) is 1.73. The lowest BCUT2D eigenvalue weighted by Crippen LogP contribution is -2.49. The Hall–Kier alpha value is -1.64. The van der Waals surface area contributed by atoms with Gasteiger partial charge in [0.2, 0.25) is 10.0 Å². The summed E-state index contributed by atoms with van der Waals surface area (Å²) in [5.41, 5.74) is 0. The van der Waals surface area contributed by atoms with Gasteiger partial charge in [0.15, 0.2) is 6.61 Å². The van der Waals surface area contributed by atoms with Crippen molar-refractivity contribution >= 4 is 15.9 Å². The molecule has 1 aliphatic rings. The number of ether oxygens (including phenoxy) is 1. The number of likely N-dealkylation sites (N-methyl/N-ethyl adjacent to an activating group) is 1. The highest BCUT2D eigenvalue weighted by Crippen LogP contribution is 2.16. The van der Waals surface area contributed by atoms with Gasteiger partial charge in [0.25, 0.3) is 5.91 Å². The molecule has 1 aliphatic heterocycles. The van der Waals surface area contributed by atoms with Crippen molar-refractivity contribution in [2.45, 2.75) is 31.6 Å². The smallest absolute Gasteiger partial charge is 0.260 e. The highest BCUT2D eigenvalue weighted by Gasteiger charge is 2.20. The normalized spacial score (nSPS) is 15.8. The predicted molar refractivity (Wildman–Crippen MR) is 101 cm³/mol. The van der Waals surface area contributed by atoms with Crippen LogP contribution in [0.25, 0.3) is 0 Å². The summed E-state index contributed by atoms with van der Waals surface area (Å²) < 4.78 is 32.3. The van der Waals surface area contributed by atoms with E-state index in [1.807, 2.05) is 11.8 Å². The first-order valence-corrected chi connectivity index (χ1v) is 10.7. The van der Waals surface area contributed by atoms with Crippen LogP contribution in [-0.4, -0.2) is 70.0 Å². The van der Waals surface area contributed by atoms with E-state index in [2.05, 4.69) is 16.5 Å². The summed E-state index contributed by atoms with van der Waals surface area (Å²) in [4.78, 5) is 16.5. The van der Waals surface area contributed by atoms with Gasteiger partial charge in [-0.3, -0.25) is 4.79 Å². The zero-order chi connectivity index (χ0) is 19.0. The number of carbonyl (C=O) groups excluding carboxylic acids is 1. The summed E-state index contributed by atoms with van der Waals surface area (Å²) in [7, 11) is -3.49. The molecule has 2 rings (SSSR count). The van der Waals surface area contributed by atoms with E-state index in [4.69, 9.17) is 4.74 Å². The Balaban J connectivity index is 1.82. The largest absolute Gasteiger partial charge is 0.484 e. The number of nitrogens with zero attached hydrogens (tertiary/aromatic N) is 2. The molecule has 0 aromatic heterocycles. The van der Waals surface area contributed by atoms with Crippen molar-refractivity contribution in [1.82, 2.24) is 14.5 Å². The molecule has 1 heterocycles. The van der Waals surface area contributed by atoms with Crippen molar-refractivity contribution in [3.05, 3.63) is 24.3 Å². The van der Waals surface area contributed by atoms with Crippen molar-refractivity contribution in [3.63, 3.8) is 0 Å². The maximum absolute atomic E-state index is 12.2. The number of amides is 1. The zero-order valence-electron chi connectivity index (χ0n) is 15.6. The lowest BCUT2D eigenvalue weighted by atomic mass is 10.3. The molecule has 1 amide bonds. The fourth-order valence-corrected chi connectivity index (χ4v) is 3.81. The van der Waals surface area contributed by atoms with Crippen LogP contribution in [0.4, 0.5) is 0 Å². The van der Waals surface area contributed by atoms with Crippen LogP contribution < -0.4 is 9.46 Å². The molecule has 146 valence electrons. The molecule has 0 unspecified atom stereocenters. The van der Waals surface area contributed by atoms with Crippen molar-refractivity contribution in [1.29, 1.82) is 0 Å². The summed E-state index contributed by atoms with van der Waals surface area (Å²) in [5.74, 6) is 0.441. The van der Waals surface area contributed by atoms with Crippen LogP contribution in [0.15, 0.2) is 29.2 Å². The van der Waals surface area contributed by atoms with Crippen molar-refractivity contribution in [3.8, 4) is 5.75 Å². The van der Waals surface area contributed by atoms with Crippen molar-refractivity contribution in [2.24, 2.45) is 0 Å². The van der Waals surface area contributed by atoms with Crippen LogP contribution in [-0.2, 0) is 14.8 Å². The van der Waals surface area contributed by atoms with Gasteiger partial charge in [-0.05, 0) is 37.2 Å². The molecule has 0 atom stereocenters. The van der Waals surface area contributed by atoms with Crippen LogP contribution in [0.2, 0.25) is 0 Å². The van der Waals surface area contributed by atoms with E-state index in [1.54, 1.807) is 12.1 Å². The van der Waals surface area contributed by atoms with Gasteiger partial charge in [0, 0.05) is 32.7 Å². The summed E-state index contributed by atoms with van der Waals surface area (Å²) >= 11 is 0. The number of hydrogen-bond acceptors (Lipinski definition) is 5. The van der Waals surface area contributed by atoms with E-state index >= 15 is 0 Å². The first-order chi connectivity index (χ1) is 12.5. The van der Waals surface area contributed by atoms with Crippen LogP contribution in [0, 0.1) is 0 Å². The average molecular weight is 384 g/mol. The van der Waals surface area contributed by atoms with Gasteiger partial charge < -0.3 is 14.5 Å². The minimum absolute atomic E-state index is 0.0348. The molecule has 1 N–H and O–H groups in total. The minimum atomic E-state index is -3.49. The van der Waals surface area contributed by atoms with E-state index in [-0.39, 0.29) is 17.4 Å². The number of hydrogen-bond donors (Lipinski definition) is 1. The van der Waals surface area contributed by atoms with E-state index in [9.17, 15) is 13.2 Å². The number of rotatable bonds is 9. The highest BCUT2D eigenvalue weighted by atomic mass is 32.2. The van der Waals surface area contributed by atoms with Gasteiger partial charge >= 0.3 is 0 Å². The Morgan fingerprint density at radius 1 is 1.12 bits per heavy atom. The number of unbranched alkanes of at least 4 members (excludes halogenated alkanes) is 1. The lowest BCUT2D eigenvalue weighted by Gasteiger charge is -2.33. The third kappa shape index (κ3) is 5.96. The topological polar surface area (TPSA) is 78.9 Å². The monoisotopic (exact) mass is 383 g/mol.